The van der Waals surface area contributed by atoms with Crippen molar-refractivity contribution in [3.8, 4) is 0 Å². The van der Waals surface area contributed by atoms with Crippen molar-refractivity contribution in [2.45, 2.75) is 33.2 Å². The van der Waals surface area contributed by atoms with Crippen molar-refractivity contribution in [1.82, 2.24) is 14.6 Å². The number of nitrogens with zero attached hydrogens (tertiary/aromatic N) is 3. The lowest BCUT2D eigenvalue weighted by Crippen LogP contribution is -2.12. The van der Waals surface area contributed by atoms with E-state index < -0.39 is 0 Å². The van der Waals surface area contributed by atoms with Crippen molar-refractivity contribution in [2.24, 2.45) is 5.73 Å². The molecule has 0 saturated heterocycles. The molecule has 0 radical (unpaired) electrons. The molecule has 0 saturated carbocycles. The lowest BCUT2D eigenvalue weighted by atomic mass is 10.2. The lowest BCUT2D eigenvalue weighted by molar-refractivity contribution is 0.723. The second-order valence-electron chi connectivity index (χ2n) is 3.78. The molecule has 0 amide bonds. The fourth-order valence-electron chi connectivity index (χ4n) is 1.48. The number of rotatable bonds is 3. The van der Waals surface area contributed by atoms with Crippen molar-refractivity contribution in [1.29, 1.82) is 0 Å². The Balaban J connectivity index is 2.13. The summed E-state index contributed by atoms with van der Waals surface area (Å²) in [5.74, 6) is 0. The van der Waals surface area contributed by atoms with Crippen LogP contribution < -0.4 is 5.73 Å². The van der Waals surface area contributed by atoms with Crippen molar-refractivity contribution in [3.05, 3.63) is 26.1 Å². The standard InChI is InChI=1S/C10H14N4S2/c1-5-7(3)15-9(12-5)4-8(11)10-6(2)13-14-16-10/h8H,4,11H2,1-3H3. The molecular weight excluding hydrogens is 240 g/mol. The normalized spacial score (nSPS) is 13.0. The van der Waals surface area contributed by atoms with Gasteiger partial charge in [0.15, 0.2) is 0 Å². The van der Waals surface area contributed by atoms with E-state index in [1.807, 2.05) is 13.8 Å². The maximum atomic E-state index is 6.13. The summed E-state index contributed by atoms with van der Waals surface area (Å²) < 4.78 is 3.90. The molecule has 2 rings (SSSR count). The third-order valence-electron chi connectivity index (χ3n) is 2.49. The van der Waals surface area contributed by atoms with Gasteiger partial charge in [0.2, 0.25) is 0 Å². The van der Waals surface area contributed by atoms with Crippen LogP contribution in [0.5, 0.6) is 0 Å². The highest BCUT2D eigenvalue weighted by atomic mass is 32.1. The van der Waals surface area contributed by atoms with Crippen LogP contribution in [-0.4, -0.2) is 14.6 Å². The first kappa shape index (κ1) is 11.6. The fourth-order valence-corrected chi connectivity index (χ4v) is 3.12. The summed E-state index contributed by atoms with van der Waals surface area (Å²) in [7, 11) is 0. The zero-order valence-corrected chi connectivity index (χ0v) is 11.2. The van der Waals surface area contributed by atoms with Crippen LogP contribution in [0.1, 0.15) is 32.2 Å². The Labute approximate surface area is 103 Å². The Bertz CT molecular complexity index is 469. The SMILES string of the molecule is Cc1nc(CC(N)c2snnc2C)sc1C. The topological polar surface area (TPSA) is 64.7 Å². The molecule has 1 unspecified atom stereocenters. The van der Waals surface area contributed by atoms with E-state index in [9.17, 15) is 0 Å². The smallest absolute Gasteiger partial charge is 0.0950 e. The van der Waals surface area contributed by atoms with Crippen molar-refractivity contribution >= 4 is 22.9 Å². The molecule has 0 aliphatic heterocycles. The highest BCUT2D eigenvalue weighted by Crippen LogP contribution is 2.24. The van der Waals surface area contributed by atoms with Crippen LogP contribution in [0.4, 0.5) is 0 Å². The van der Waals surface area contributed by atoms with E-state index >= 15 is 0 Å². The molecule has 0 aliphatic carbocycles. The molecule has 1 atom stereocenters. The molecule has 2 heterocycles. The largest absolute Gasteiger partial charge is 0.323 e. The van der Waals surface area contributed by atoms with E-state index in [0.29, 0.717) is 0 Å². The van der Waals surface area contributed by atoms with Crippen LogP contribution in [0.25, 0.3) is 0 Å². The van der Waals surface area contributed by atoms with Crippen LogP contribution >= 0.6 is 22.9 Å². The van der Waals surface area contributed by atoms with Crippen LogP contribution in [0.2, 0.25) is 0 Å². The maximum Gasteiger partial charge on any atom is 0.0950 e. The summed E-state index contributed by atoms with van der Waals surface area (Å²) in [6, 6.07) is -0.0371. The molecule has 0 aliphatic rings. The first-order valence-electron chi connectivity index (χ1n) is 5.05. The van der Waals surface area contributed by atoms with Gasteiger partial charge in [-0.1, -0.05) is 4.49 Å². The Morgan fingerprint density at radius 3 is 2.50 bits per heavy atom. The average Bonchev–Trinajstić information content (AvgIpc) is 2.74. The summed E-state index contributed by atoms with van der Waals surface area (Å²) in [5, 5.41) is 5.07. The van der Waals surface area contributed by atoms with Gasteiger partial charge in [-0.25, -0.2) is 4.98 Å². The van der Waals surface area contributed by atoms with Gasteiger partial charge in [0.1, 0.15) is 0 Å². The summed E-state index contributed by atoms with van der Waals surface area (Å²) in [4.78, 5) is 6.82. The number of hydrogen-bond donors (Lipinski definition) is 1. The van der Waals surface area contributed by atoms with E-state index in [2.05, 4.69) is 21.5 Å². The summed E-state index contributed by atoms with van der Waals surface area (Å²) in [6.07, 6.45) is 0.768. The summed E-state index contributed by atoms with van der Waals surface area (Å²) in [6.45, 7) is 6.05. The quantitative estimate of drug-likeness (QED) is 0.911. The van der Waals surface area contributed by atoms with Gasteiger partial charge in [-0.15, -0.1) is 16.4 Å². The summed E-state index contributed by atoms with van der Waals surface area (Å²) >= 11 is 3.10. The van der Waals surface area contributed by atoms with Gasteiger partial charge in [0, 0.05) is 17.3 Å². The second-order valence-corrected chi connectivity index (χ2v) is 5.86. The first-order chi connectivity index (χ1) is 7.58. The number of hydrogen-bond acceptors (Lipinski definition) is 6. The van der Waals surface area contributed by atoms with Crippen molar-refractivity contribution in [3.63, 3.8) is 0 Å². The van der Waals surface area contributed by atoms with Gasteiger partial charge < -0.3 is 5.73 Å². The Morgan fingerprint density at radius 2 is 2.00 bits per heavy atom. The predicted octanol–water partition coefficient (Wildman–Crippen LogP) is 2.16. The Hall–Kier alpha value is -0.850. The molecule has 2 N–H and O–H groups in total. The molecule has 0 aromatic carbocycles. The van der Waals surface area contributed by atoms with Crippen LogP contribution in [0.3, 0.4) is 0 Å². The Morgan fingerprint density at radius 1 is 1.25 bits per heavy atom. The molecule has 86 valence electrons. The molecule has 2 aromatic heterocycles. The Kier molecular flexibility index (Phi) is 3.32. The monoisotopic (exact) mass is 254 g/mol. The van der Waals surface area contributed by atoms with E-state index in [1.54, 1.807) is 11.3 Å². The number of nitrogens with two attached hydrogens (primary N) is 1. The minimum atomic E-state index is -0.0371. The van der Waals surface area contributed by atoms with Gasteiger partial charge in [0.05, 0.1) is 21.3 Å². The van der Waals surface area contributed by atoms with Gasteiger partial charge in [-0.2, -0.15) is 0 Å². The third-order valence-corrected chi connectivity index (χ3v) is 4.54. The van der Waals surface area contributed by atoms with E-state index in [0.717, 1.165) is 27.7 Å². The van der Waals surface area contributed by atoms with E-state index in [-0.39, 0.29) is 6.04 Å². The average molecular weight is 254 g/mol. The van der Waals surface area contributed by atoms with Crippen LogP contribution in [0, 0.1) is 20.8 Å². The fraction of sp³-hybridized carbons (Fsp3) is 0.500. The van der Waals surface area contributed by atoms with Gasteiger partial charge in [-0.05, 0) is 32.3 Å². The van der Waals surface area contributed by atoms with Gasteiger partial charge in [0.25, 0.3) is 0 Å². The number of aromatic nitrogens is 3. The molecule has 0 fully saturated rings. The second kappa shape index (κ2) is 4.57. The molecule has 0 bridgehead atoms. The van der Waals surface area contributed by atoms with E-state index in [4.69, 9.17) is 5.73 Å². The third kappa shape index (κ3) is 2.28. The molecule has 16 heavy (non-hydrogen) atoms. The van der Waals surface area contributed by atoms with Gasteiger partial charge in [-0.3, -0.25) is 0 Å². The van der Waals surface area contributed by atoms with Crippen molar-refractivity contribution in [2.75, 3.05) is 0 Å². The number of thiazole rings is 1. The first-order valence-corrected chi connectivity index (χ1v) is 6.64. The highest BCUT2D eigenvalue weighted by molar-refractivity contribution is 7.11. The minimum Gasteiger partial charge on any atom is -0.323 e. The summed E-state index contributed by atoms with van der Waals surface area (Å²) in [5.41, 5.74) is 8.16. The molecule has 4 nitrogen and oxygen atoms in total. The predicted molar refractivity (Wildman–Crippen MR) is 66.9 cm³/mol. The lowest BCUT2D eigenvalue weighted by Gasteiger charge is -2.06. The molecule has 6 heteroatoms. The van der Waals surface area contributed by atoms with E-state index in [1.165, 1.54) is 16.4 Å². The van der Waals surface area contributed by atoms with Gasteiger partial charge >= 0.3 is 0 Å². The minimum absolute atomic E-state index is 0.0371. The molecular formula is C10H14N4S2. The highest BCUT2D eigenvalue weighted by Gasteiger charge is 2.15. The zero-order valence-electron chi connectivity index (χ0n) is 9.52. The van der Waals surface area contributed by atoms with Crippen LogP contribution in [-0.2, 0) is 6.42 Å². The van der Waals surface area contributed by atoms with Crippen molar-refractivity contribution < 1.29 is 0 Å². The number of aryl methyl sites for hydroxylation is 3. The molecule has 2 aromatic rings. The molecule has 0 spiro atoms. The maximum absolute atomic E-state index is 6.13. The zero-order chi connectivity index (χ0) is 11.7. The van der Waals surface area contributed by atoms with Crippen LogP contribution in [0.15, 0.2) is 0 Å².